The summed E-state index contributed by atoms with van der Waals surface area (Å²) in [4.78, 5) is 12.1. The Labute approximate surface area is 113 Å². The van der Waals surface area contributed by atoms with E-state index in [9.17, 15) is 9.18 Å². The molecule has 1 saturated heterocycles. The first-order valence-corrected chi connectivity index (χ1v) is 6.69. The molecule has 1 N–H and O–H groups in total. The molecule has 5 heteroatoms. The van der Waals surface area contributed by atoms with E-state index in [4.69, 9.17) is 11.6 Å². The molecular formula is C12H12BrClFNO. The number of ketones is 1. The van der Waals surface area contributed by atoms with E-state index in [0.29, 0.717) is 9.50 Å². The lowest BCUT2D eigenvalue weighted by atomic mass is 9.96. The SMILES string of the molecule is O=C(c1cc(Cl)c(Br)cc1F)C1CCCCN1. The maximum atomic E-state index is 13.7. The minimum absolute atomic E-state index is 0.0672. The van der Waals surface area contributed by atoms with Crippen molar-refractivity contribution in [3.05, 3.63) is 33.0 Å². The van der Waals surface area contributed by atoms with Gasteiger partial charge in [0.25, 0.3) is 0 Å². The number of hydrogen-bond acceptors (Lipinski definition) is 2. The number of piperidine rings is 1. The lowest BCUT2D eigenvalue weighted by Crippen LogP contribution is -2.40. The summed E-state index contributed by atoms with van der Waals surface area (Å²) < 4.78 is 14.2. The monoisotopic (exact) mass is 319 g/mol. The summed E-state index contributed by atoms with van der Waals surface area (Å²) in [6, 6.07) is 2.34. The highest BCUT2D eigenvalue weighted by molar-refractivity contribution is 9.10. The molecule has 17 heavy (non-hydrogen) atoms. The summed E-state index contributed by atoms with van der Waals surface area (Å²) in [7, 11) is 0. The number of benzene rings is 1. The zero-order valence-electron chi connectivity index (χ0n) is 9.10. The van der Waals surface area contributed by atoms with Crippen LogP contribution in [-0.2, 0) is 0 Å². The fourth-order valence-electron chi connectivity index (χ4n) is 1.97. The van der Waals surface area contributed by atoms with E-state index in [1.165, 1.54) is 12.1 Å². The summed E-state index contributed by atoms with van der Waals surface area (Å²) in [5.41, 5.74) is 0.0672. The Balaban J connectivity index is 2.26. The fourth-order valence-corrected chi connectivity index (χ4v) is 2.45. The number of carbonyl (C=O) groups excluding carboxylic acids is 1. The van der Waals surface area contributed by atoms with Gasteiger partial charge in [-0.1, -0.05) is 18.0 Å². The predicted octanol–water partition coefficient (Wildman–Crippen LogP) is 3.57. The molecule has 1 aromatic rings. The molecule has 1 unspecified atom stereocenters. The zero-order valence-corrected chi connectivity index (χ0v) is 11.4. The maximum absolute atomic E-state index is 13.7. The van der Waals surface area contributed by atoms with Crippen LogP contribution in [0, 0.1) is 5.82 Å². The first-order valence-electron chi connectivity index (χ1n) is 5.51. The molecule has 2 nitrogen and oxygen atoms in total. The first-order chi connectivity index (χ1) is 8.09. The van der Waals surface area contributed by atoms with Crippen molar-refractivity contribution in [3.63, 3.8) is 0 Å². The molecule has 0 aromatic heterocycles. The summed E-state index contributed by atoms with van der Waals surface area (Å²) >= 11 is 9.01. The van der Waals surface area contributed by atoms with Gasteiger partial charge in [0.05, 0.1) is 16.6 Å². The second kappa shape index (κ2) is 5.46. The Morgan fingerprint density at radius 2 is 2.24 bits per heavy atom. The van der Waals surface area contributed by atoms with Gasteiger partial charge in [0, 0.05) is 4.47 Å². The van der Waals surface area contributed by atoms with E-state index in [2.05, 4.69) is 21.2 Å². The van der Waals surface area contributed by atoms with Crippen molar-refractivity contribution in [1.82, 2.24) is 5.32 Å². The van der Waals surface area contributed by atoms with Crippen LogP contribution in [-0.4, -0.2) is 18.4 Å². The molecule has 1 aromatic carbocycles. The molecule has 1 aliphatic heterocycles. The van der Waals surface area contributed by atoms with Gasteiger partial charge in [0.15, 0.2) is 5.78 Å². The van der Waals surface area contributed by atoms with E-state index in [0.717, 1.165) is 25.8 Å². The van der Waals surface area contributed by atoms with Crippen molar-refractivity contribution < 1.29 is 9.18 Å². The number of Topliss-reactive ketones (excluding diaryl/α,β-unsaturated/α-hetero) is 1. The predicted molar refractivity (Wildman–Crippen MR) is 69.1 cm³/mol. The van der Waals surface area contributed by atoms with Gasteiger partial charge in [-0.25, -0.2) is 4.39 Å². The third-order valence-electron chi connectivity index (χ3n) is 2.90. The number of halogens is 3. The molecule has 1 atom stereocenters. The minimum atomic E-state index is -0.529. The molecule has 2 rings (SSSR count). The molecule has 1 aliphatic rings. The van der Waals surface area contributed by atoms with Crippen LogP contribution in [0.3, 0.4) is 0 Å². The Morgan fingerprint density at radius 1 is 1.47 bits per heavy atom. The molecule has 0 bridgehead atoms. The first kappa shape index (κ1) is 13.0. The number of hydrogen-bond donors (Lipinski definition) is 1. The van der Waals surface area contributed by atoms with Gasteiger partial charge in [-0.15, -0.1) is 0 Å². The van der Waals surface area contributed by atoms with Crippen LogP contribution < -0.4 is 5.32 Å². The third kappa shape index (κ3) is 2.87. The van der Waals surface area contributed by atoms with Gasteiger partial charge in [0.2, 0.25) is 0 Å². The van der Waals surface area contributed by atoms with Crippen molar-refractivity contribution in [3.8, 4) is 0 Å². The van der Waals surface area contributed by atoms with E-state index in [1.54, 1.807) is 0 Å². The standard InChI is InChI=1S/C12H12BrClFNO/c13-8-6-10(15)7(5-9(8)14)12(17)11-3-1-2-4-16-11/h5-6,11,16H,1-4H2. The van der Waals surface area contributed by atoms with Crippen LogP contribution in [0.2, 0.25) is 5.02 Å². The molecule has 0 radical (unpaired) electrons. The second-order valence-electron chi connectivity index (χ2n) is 4.11. The Bertz CT molecular complexity index is 446. The summed E-state index contributed by atoms with van der Waals surface area (Å²) in [5, 5.41) is 3.46. The Morgan fingerprint density at radius 3 is 2.88 bits per heavy atom. The quantitative estimate of drug-likeness (QED) is 0.667. The van der Waals surface area contributed by atoms with Crippen LogP contribution in [0.5, 0.6) is 0 Å². The third-order valence-corrected chi connectivity index (χ3v) is 4.10. The van der Waals surface area contributed by atoms with Crippen LogP contribution in [0.1, 0.15) is 29.6 Å². The largest absolute Gasteiger partial charge is 0.307 e. The van der Waals surface area contributed by atoms with Gasteiger partial charge in [-0.05, 0) is 47.4 Å². The van der Waals surface area contributed by atoms with Crippen molar-refractivity contribution in [2.24, 2.45) is 0 Å². The van der Waals surface area contributed by atoms with Gasteiger partial charge in [-0.3, -0.25) is 4.79 Å². The van der Waals surface area contributed by atoms with Crippen molar-refractivity contribution in [1.29, 1.82) is 0 Å². The molecule has 0 saturated carbocycles. The Hall–Kier alpha value is -0.450. The zero-order chi connectivity index (χ0) is 12.4. The molecule has 92 valence electrons. The van der Waals surface area contributed by atoms with Gasteiger partial charge in [0.1, 0.15) is 5.82 Å². The van der Waals surface area contributed by atoms with Crippen LogP contribution in [0.15, 0.2) is 16.6 Å². The second-order valence-corrected chi connectivity index (χ2v) is 5.37. The lowest BCUT2D eigenvalue weighted by Gasteiger charge is -2.22. The van der Waals surface area contributed by atoms with Gasteiger partial charge >= 0.3 is 0 Å². The normalized spacial score (nSPS) is 20.3. The molecule has 0 spiro atoms. The molecule has 0 amide bonds. The van der Waals surface area contributed by atoms with Gasteiger partial charge < -0.3 is 5.32 Å². The van der Waals surface area contributed by atoms with E-state index in [-0.39, 0.29) is 17.4 Å². The molecule has 1 heterocycles. The molecular weight excluding hydrogens is 308 g/mol. The van der Waals surface area contributed by atoms with Crippen molar-refractivity contribution >= 4 is 33.3 Å². The Kier molecular flexibility index (Phi) is 4.17. The van der Waals surface area contributed by atoms with Crippen LogP contribution >= 0.6 is 27.5 Å². The van der Waals surface area contributed by atoms with Crippen molar-refractivity contribution in [2.75, 3.05) is 6.54 Å². The van der Waals surface area contributed by atoms with Crippen molar-refractivity contribution in [2.45, 2.75) is 25.3 Å². The van der Waals surface area contributed by atoms with Crippen LogP contribution in [0.4, 0.5) is 4.39 Å². The maximum Gasteiger partial charge on any atom is 0.182 e. The summed E-state index contributed by atoms with van der Waals surface area (Å²) in [6.45, 7) is 0.808. The highest BCUT2D eigenvalue weighted by atomic mass is 79.9. The number of carbonyl (C=O) groups is 1. The lowest BCUT2D eigenvalue weighted by molar-refractivity contribution is 0.0923. The minimum Gasteiger partial charge on any atom is -0.307 e. The van der Waals surface area contributed by atoms with E-state index < -0.39 is 5.82 Å². The average molecular weight is 321 g/mol. The van der Waals surface area contributed by atoms with Crippen LogP contribution in [0.25, 0.3) is 0 Å². The smallest absolute Gasteiger partial charge is 0.182 e. The fraction of sp³-hybridized carbons (Fsp3) is 0.417. The van der Waals surface area contributed by atoms with E-state index >= 15 is 0 Å². The summed E-state index contributed by atoms with van der Waals surface area (Å²) in [5.74, 6) is -0.741. The highest BCUT2D eigenvalue weighted by Crippen LogP contribution is 2.27. The molecule has 1 fully saturated rings. The average Bonchev–Trinajstić information content (AvgIpc) is 2.34. The van der Waals surface area contributed by atoms with E-state index in [1.807, 2.05) is 0 Å². The molecule has 0 aliphatic carbocycles. The van der Waals surface area contributed by atoms with Gasteiger partial charge in [-0.2, -0.15) is 0 Å². The topological polar surface area (TPSA) is 29.1 Å². The highest BCUT2D eigenvalue weighted by Gasteiger charge is 2.24. The number of rotatable bonds is 2. The number of nitrogens with one attached hydrogen (secondary N) is 1. The summed E-state index contributed by atoms with van der Waals surface area (Å²) in [6.07, 6.45) is 2.81.